The highest BCUT2D eigenvalue weighted by Gasteiger charge is 2.38. The van der Waals surface area contributed by atoms with E-state index in [1.807, 2.05) is 11.8 Å². The number of hydrogen-bond acceptors (Lipinski definition) is 6. The van der Waals surface area contributed by atoms with Crippen molar-refractivity contribution in [2.24, 2.45) is 11.8 Å². The number of hydrogen-bond donors (Lipinski definition) is 1. The predicted molar refractivity (Wildman–Crippen MR) is 162 cm³/mol. The van der Waals surface area contributed by atoms with E-state index < -0.39 is 59.8 Å². The van der Waals surface area contributed by atoms with Gasteiger partial charge in [-0.1, -0.05) is 6.92 Å². The lowest BCUT2D eigenvalue weighted by Crippen LogP contribution is -2.34. The minimum absolute atomic E-state index is 0.00219. The third-order valence-electron chi connectivity index (χ3n) is 8.66. The highest BCUT2D eigenvalue weighted by molar-refractivity contribution is 5.67. The van der Waals surface area contributed by atoms with E-state index in [1.54, 1.807) is 0 Å². The number of halogens is 9. The molecule has 1 saturated carbocycles. The largest absolute Gasteiger partial charge is 0.481 e. The second-order valence-electron chi connectivity index (χ2n) is 12.6. The molecule has 0 bridgehead atoms. The summed E-state index contributed by atoms with van der Waals surface area (Å²) < 4.78 is 130. The maximum atomic E-state index is 14.2. The van der Waals surface area contributed by atoms with Crippen LogP contribution < -0.4 is 9.80 Å². The molecule has 3 aromatic rings. The molecule has 0 radical (unpaired) electrons. The summed E-state index contributed by atoms with van der Waals surface area (Å²) in [7, 11) is 0. The summed E-state index contributed by atoms with van der Waals surface area (Å²) in [4.78, 5) is 18.4. The summed E-state index contributed by atoms with van der Waals surface area (Å²) in [5, 5.41) is 13.0. The number of benzene rings is 2. The van der Waals surface area contributed by atoms with Crippen LogP contribution in [0.4, 0.5) is 51.1 Å². The van der Waals surface area contributed by atoms with E-state index in [1.165, 1.54) is 24.8 Å². The second kappa shape index (κ2) is 14.9. The normalized spacial score (nSPS) is 17.3. The summed E-state index contributed by atoms with van der Waals surface area (Å²) in [6.45, 7) is 4.48. The van der Waals surface area contributed by atoms with Gasteiger partial charge < -0.3 is 19.4 Å². The molecule has 49 heavy (non-hydrogen) atoms. The topological polar surface area (TPSA) is 82.7 Å². The van der Waals surface area contributed by atoms with Gasteiger partial charge in [0, 0.05) is 45.2 Å². The Hall–Kier alpha value is -3.98. The zero-order valence-corrected chi connectivity index (χ0v) is 27.1. The van der Waals surface area contributed by atoms with Crippen LogP contribution in [-0.2, 0) is 36.4 Å². The number of carboxylic acids is 1. The van der Waals surface area contributed by atoms with Gasteiger partial charge in [-0.05, 0) is 103 Å². The van der Waals surface area contributed by atoms with E-state index in [0.717, 1.165) is 18.9 Å². The molecule has 16 heteroatoms. The molecule has 0 amide bonds. The fourth-order valence-electron chi connectivity index (χ4n) is 6.37. The molecule has 0 spiro atoms. The van der Waals surface area contributed by atoms with E-state index in [4.69, 9.17) is 4.52 Å². The van der Waals surface area contributed by atoms with Crippen molar-refractivity contribution in [3.8, 4) is 0 Å². The lowest BCUT2D eigenvalue weighted by atomic mass is 9.80. The Kier molecular flexibility index (Phi) is 11.5. The summed E-state index contributed by atoms with van der Waals surface area (Å²) in [6.07, 6.45) is -11.5. The minimum Gasteiger partial charge on any atom is -0.481 e. The van der Waals surface area contributed by atoms with Crippen molar-refractivity contribution in [3.05, 3.63) is 69.6 Å². The number of rotatable bonds is 12. The van der Waals surface area contributed by atoms with Crippen molar-refractivity contribution in [3.63, 3.8) is 0 Å². The third kappa shape index (κ3) is 10.0. The van der Waals surface area contributed by atoms with Gasteiger partial charge in [0.15, 0.2) is 0 Å². The maximum absolute atomic E-state index is 14.2. The smallest absolute Gasteiger partial charge is 0.416 e. The molecule has 7 nitrogen and oxygen atoms in total. The SMILES string of the molecule is CCCN(C[C@H]1CC[C@H](CC(=O)O)CC1)c1cc(C)c(C(F)(F)F)cc1CN(Cc1cc(C(F)(F)F)cc(C(F)(F)F)c1)c1noc(C)n1. The fraction of sp³-hybridized carbons (Fsp3) is 0.545. The van der Waals surface area contributed by atoms with Gasteiger partial charge in [-0.25, -0.2) is 0 Å². The lowest BCUT2D eigenvalue weighted by molar-refractivity contribution is -0.143. The van der Waals surface area contributed by atoms with Crippen LogP contribution in [0.2, 0.25) is 0 Å². The zero-order chi connectivity index (χ0) is 36.3. The van der Waals surface area contributed by atoms with Gasteiger partial charge in [0.05, 0.1) is 16.7 Å². The van der Waals surface area contributed by atoms with Crippen LogP contribution in [-0.4, -0.2) is 34.3 Å². The average Bonchev–Trinajstić information content (AvgIpc) is 3.42. The Labute approximate surface area is 277 Å². The van der Waals surface area contributed by atoms with Gasteiger partial charge in [0.2, 0.25) is 5.89 Å². The second-order valence-corrected chi connectivity index (χ2v) is 12.6. The first-order valence-electron chi connectivity index (χ1n) is 15.8. The molecule has 1 aliphatic carbocycles. The van der Waals surface area contributed by atoms with Gasteiger partial charge in [-0.2, -0.15) is 44.5 Å². The molecule has 1 fully saturated rings. The minimum atomic E-state index is -5.11. The molecule has 0 atom stereocenters. The van der Waals surface area contributed by atoms with Crippen LogP contribution in [0.25, 0.3) is 0 Å². The highest BCUT2D eigenvalue weighted by atomic mass is 19.4. The Morgan fingerprint density at radius 2 is 1.43 bits per heavy atom. The highest BCUT2D eigenvalue weighted by Crippen LogP contribution is 2.40. The molecule has 1 N–H and O–H groups in total. The van der Waals surface area contributed by atoms with Crippen molar-refractivity contribution in [2.75, 3.05) is 22.9 Å². The molecule has 4 rings (SSSR count). The van der Waals surface area contributed by atoms with Crippen LogP contribution in [0.3, 0.4) is 0 Å². The summed E-state index contributed by atoms with van der Waals surface area (Å²) >= 11 is 0. The van der Waals surface area contributed by atoms with Crippen LogP contribution in [0.5, 0.6) is 0 Å². The molecular weight excluding hydrogens is 671 g/mol. The number of alkyl halides is 9. The summed E-state index contributed by atoms with van der Waals surface area (Å²) in [5.74, 6) is -0.928. The molecule has 1 aliphatic rings. The van der Waals surface area contributed by atoms with E-state index in [0.29, 0.717) is 50.2 Å². The number of aliphatic carboxylic acids is 1. The summed E-state index contributed by atoms with van der Waals surface area (Å²) in [6, 6.07) is 3.45. The number of carboxylic acid groups (broad SMARTS) is 1. The van der Waals surface area contributed by atoms with Gasteiger partial charge >= 0.3 is 24.5 Å². The first kappa shape index (κ1) is 37.8. The van der Waals surface area contributed by atoms with Crippen molar-refractivity contribution in [2.45, 2.75) is 90.9 Å². The summed E-state index contributed by atoms with van der Waals surface area (Å²) in [5.41, 5.74) is -3.97. The molecule has 1 aromatic heterocycles. The molecule has 270 valence electrons. The monoisotopic (exact) mass is 708 g/mol. The average molecular weight is 709 g/mol. The zero-order valence-electron chi connectivity index (χ0n) is 27.1. The van der Waals surface area contributed by atoms with Gasteiger partial charge in [-0.3, -0.25) is 4.79 Å². The van der Waals surface area contributed by atoms with E-state index in [9.17, 15) is 49.4 Å². The Bertz CT molecular complexity index is 1560. The molecule has 1 heterocycles. The van der Waals surface area contributed by atoms with E-state index >= 15 is 0 Å². The Balaban J connectivity index is 1.77. The van der Waals surface area contributed by atoms with Crippen molar-refractivity contribution >= 4 is 17.6 Å². The van der Waals surface area contributed by atoms with Crippen LogP contribution in [0.1, 0.15) is 84.7 Å². The maximum Gasteiger partial charge on any atom is 0.416 e. The first-order valence-corrected chi connectivity index (χ1v) is 15.8. The fourth-order valence-corrected chi connectivity index (χ4v) is 6.37. The van der Waals surface area contributed by atoms with Crippen LogP contribution in [0.15, 0.2) is 34.9 Å². The molecule has 0 unspecified atom stereocenters. The van der Waals surface area contributed by atoms with Crippen LogP contribution in [0, 0.1) is 25.7 Å². The van der Waals surface area contributed by atoms with Crippen molar-refractivity contribution in [1.29, 1.82) is 0 Å². The van der Waals surface area contributed by atoms with Gasteiger partial charge in [-0.15, -0.1) is 0 Å². The number of nitrogens with zero attached hydrogens (tertiary/aromatic N) is 4. The van der Waals surface area contributed by atoms with Gasteiger partial charge in [0.25, 0.3) is 5.95 Å². The van der Waals surface area contributed by atoms with Crippen molar-refractivity contribution in [1.82, 2.24) is 10.1 Å². The van der Waals surface area contributed by atoms with Crippen molar-refractivity contribution < 1.29 is 53.9 Å². The van der Waals surface area contributed by atoms with Crippen LogP contribution >= 0.6 is 0 Å². The quantitative estimate of drug-likeness (QED) is 0.188. The number of anilines is 2. The molecule has 2 aromatic carbocycles. The standard InChI is InChI=1S/C33H37F9N4O3/c1-4-9-45(16-22-7-5-21(6-8-22)13-29(47)48)28-10-19(2)27(33(40,41)42)14-24(28)18-46(30-43-20(3)49-44-30)17-23-11-25(31(34,35)36)15-26(12-23)32(37,38)39/h10-12,14-15,21-22H,4-9,13,16-18H2,1-3H3,(H,47,48)/t21-,22-. The van der Waals surface area contributed by atoms with Gasteiger partial charge in [0.1, 0.15) is 0 Å². The lowest BCUT2D eigenvalue weighted by Gasteiger charge is -2.35. The first-order chi connectivity index (χ1) is 22.7. The molecule has 0 saturated heterocycles. The number of aryl methyl sites for hydroxylation is 2. The predicted octanol–water partition coefficient (Wildman–Crippen LogP) is 9.45. The Morgan fingerprint density at radius 3 is 1.92 bits per heavy atom. The third-order valence-corrected chi connectivity index (χ3v) is 8.66. The molecular formula is C33H37F9N4O3. The van der Waals surface area contributed by atoms with E-state index in [-0.39, 0.29) is 47.3 Å². The number of aromatic nitrogens is 2. The Morgan fingerprint density at radius 1 is 0.837 bits per heavy atom. The number of carbonyl (C=O) groups is 1. The van der Waals surface area contributed by atoms with E-state index in [2.05, 4.69) is 10.1 Å². The molecule has 0 aliphatic heterocycles.